The van der Waals surface area contributed by atoms with E-state index in [1.165, 1.54) is 18.3 Å². The zero-order chi connectivity index (χ0) is 13.1. The molecule has 0 atom stereocenters. The quantitative estimate of drug-likeness (QED) is 0.896. The van der Waals surface area contributed by atoms with E-state index >= 15 is 0 Å². The van der Waals surface area contributed by atoms with Gasteiger partial charge in [-0.15, -0.1) is 0 Å². The van der Waals surface area contributed by atoms with Gasteiger partial charge in [0.05, 0.1) is 17.4 Å². The number of nitrogens with two attached hydrogens (primary N) is 1. The van der Waals surface area contributed by atoms with Crippen molar-refractivity contribution in [3.63, 3.8) is 0 Å². The Kier molecular flexibility index (Phi) is 3.57. The molecule has 1 aromatic heterocycles. The van der Waals surface area contributed by atoms with Crippen LogP contribution < -0.4 is 11.1 Å². The smallest absolute Gasteiger partial charge is 0.258 e. The van der Waals surface area contributed by atoms with Crippen LogP contribution in [0.25, 0.3) is 0 Å². The third-order valence-corrected chi connectivity index (χ3v) is 2.71. The summed E-state index contributed by atoms with van der Waals surface area (Å²) in [4.78, 5) is 15.6. The summed E-state index contributed by atoms with van der Waals surface area (Å²) in [6.07, 6.45) is 1.41. The first-order valence-corrected chi connectivity index (χ1v) is 5.83. The molecule has 3 N–H and O–H groups in total. The lowest BCUT2D eigenvalue weighted by Gasteiger charge is -2.06. The molecule has 1 amide bonds. The SMILES string of the molecule is Nc1ccc(NC(=O)c2ccc(Br)cc2F)cn1. The summed E-state index contributed by atoms with van der Waals surface area (Å²) >= 11 is 3.12. The van der Waals surface area contributed by atoms with Crippen molar-refractivity contribution in [3.8, 4) is 0 Å². The highest BCUT2D eigenvalue weighted by molar-refractivity contribution is 9.10. The number of aromatic nitrogens is 1. The zero-order valence-corrected chi connectivity index (χ0v) is 10.7. The molecule has 0 bridgehead atoms. The second-order valence-electron chi connectivity index (χ2n) is 3.55. The van der Waals surface area contributed by atoms with E-state index in [2.05, 4.69) is 26.2 Å². The molecular formula is C12H9BrFN3O. The van der Waals surface area contributed by atoms with Gasteiger partial charge in [-0.2, -0.15) is 0 Å². The molecule has 18 heavy (non-hydrogen) atoms. The number of nitrogens with one attached hydrogen (secondary N) is 1. The minimum atomic E-state index is -0.592. The van der Waals surface area contributed by atoms with Crippen molar-refractivity contribution in [2.75, 3.05) is 11.1 Å². The molecule has 6 heteroatoms. The van der Waals surface area contributed by atoms with Crippen LogP contribution >= 0.6 is 15.9 Å². The molecule has 1 heterocycles. The molecule has 0 aliphatic rings. The number of carbonyl (C=O) groups excluding carboxylic acids is 1. The van der Waals surface area contributed by atoms with Gasteiger partial charge in [-0.1, -0.05) is 15.9 Å². The van der Waals surface area contributed by atoms with E-state index in [9.17, 15) is 9.18 Å². The second-order valence-corrected chi connectivity index (χ2v) is 4.47. The van der Waals surface area contributed by atoms with Crippen molar-refractivity contribution in [2.24, 2.45) is 0 Å². The molecule has 0 aliphatic heterocycles. The number of nitrogen functional groups attached to an aromatic ring is 1. The number of benzene rings is 1. The number of hydrogen-bond donors (Lipinski definition) is 2. The molecular weight excluding hydrogens is 301 g/mol. The summed E-state index contributed by atoms with van der Waals surface area (Å²) in [5, 5.41) is 2.53. The van der Waals surface area contributed by atoms with Crippen LogP contribution in [-0.4, -0.2) is 10.9 Å². The molecule has 1 aromatic carbocycles. The fraction of sp³-hybridized carbons (Fsp3) is 0. The number of amides is 1. The van der Waals surface area contributed by atoms with Gasteiger partial charge in [0, 0.05) is 4.47 Å². The van der Waals surface area contributed by atoms with Crippen LogP contribution in [0, 0.1) is 5.82 Å². The van der Waals surface area contributed by atoms with Crippen molar-refractivity contribution in [2.45, 2.75) is 0 Å². The highest BCUT2D eigenvalue weighted by atomic mass is 79.9. The first-order valence-electron chi connectivity index (χ1n) is 5.04. The predicted molar refractivity (Wildman–Crippen MR) is 70.7 cm³/mol. The van der Waals surface area contributed by atoms with Crippen molar-refractivity contribution in [1.29, 1.82) is 0 Å². The van der Waals surface area contributed by atoms with Gasteiger partial charge in [-0.05, 0) is 30.3 Å². The van der Waals surface area contributed by atoms with E-state index in [-0.39, 0.29) is 5.56 Å². The van der Waals surface area contributed by atoms with Gasteiger partial charge >= 0.3 is 0 Å². The maximum atomic E-state index is 13.5. The number of rotatable bonds is 2. The molecule has 0 fully saturated rings. The number of nitrogens with zero attached hydrogens (tertiary/aromatic N) is 1. The Morgan fingerprint density at radius 1 is 1.33 bits per heavy atom. The van der Waals surface area contributed by atoms with E-state index in [1.807, 2.05) is 0 Å². The van der Waals surface area contributed by atoms with Gasteiger partial charge in [0.25, 0.3) is 5.91 Å². The second kappa shape index (κ2) is 5.14. The maximum Gasteiger partial charge on any atom is 0.258 e. The average molecular weight is 310 g/mol. The Balaban J connectivity index is 2.19. The number of anilines is 2. The Labute approximate surface area is 111 Å². The van der Waals surface area contributed by atoms with Crippen LogP contribution in [0.2, 0.25) is 0 Å². The summed E-state index contributed by atoms with van der Waals surface area (Å²) in [6, 6.07) is 7.37. The Morgan fingerprint density at radius 3 is 2.72 bits per heavy atom. The monoisotopic (exact) mass is 309 g/mol. The summed E-state index contributed by atoms with van der Waals surface area (Å²) in [7, 11) is 0. The van der Waals surface area contributed by atoms with Gasteiger partial charge in [0.2, 0.25) is 0 Å². The van der Waals surface area contributed by atoms with Crippen molar-refractivity contribution >= 4 is 33.3 Å². The summed E-state index contributed by atoms with van der Waals surface area (Å²) in [6.45, 7) is 0. The van der Waals surface area contributed by atoms with Crippen molar-refractivity contribution in [3.05, 3.63) is 52.4 Å². The lowest BCUT2D eigenvalue weighted by atomic mass is 10.2. The van der Waals surface area contributed by atoms with Crippen molar-refractivity contribution in [1.82, 2.24) is 4.98 Å². The molecule has 0 aliphatic carbocycles. The maximum absolute atomic E-state index is 13.5. The summed E-state index contributed by atoms with van der Waals surface area (Å²) in [5.41, 5.74) is 5.84. The third-order valence-electron chi connectivity index (χ3n) is 2.22. The molecule has 2 rings (SSSR count). The molecule has 0 spiro atoms. The number of carbonyl (C=O) groups is 1. The topological polar surface area (TPSA) is 68.0 Å². The number of hydrogen-bond acceptors (Lipinski definition) is 3. The molecule has 0 radical (unpaired) electrons. The first kappa shape index (κ1) is 12.5. The van der Waals surface area contributed by atoms with E-state index in [4.69, 9.17) is 5.73 Å². The van der Waals surface area contributed by atoms with Crippen molar-refractivity contribution < 1.29 is 9.18 Å². The van der Waals surface area contributed by atoms with Crippen LogP contribution in [0.4, 0.5) is 15.9 Å². The van der Waals surface area contributed by atoms with Crippen LogP contribution in [0.5, 0.6) is 0 Å². The Morgan fingerprint density at radius 2 is 2.11 bits per heavy atom. The van der Waals surface area contributed by atoms with Gasteiger partial charge in [0.1, 0.15) is 11.6 Å². The van der Waals surface area contributed by atoms with Crippen LogP contribution in [0.15, 0.2) is 41.0 Å². The van der Waals surface area contributed by atoms with Gasteiger partial charge in [0.15, 0.2) is 0 Å². The third kappa shape index (κ3) is 2.84. The van der Waals surface area contributed by atoms with E-state index in [0.29, 0.717) is 16.0 Å². The van der Waals surface area contributed by atoms with Gasteiger partial charge < -0.3 is 11.1 Å². The lowest BCUT2D eigenvalue weighted by molar-refractivity contribution is 0.102. The van der Waals surface area contributed by atoms with Crippen LogP contribution in [0.3, 0.4) is 0 Å². The number of pyridine rings is 1. The zero-order valence-electron chi connectivity index (χ0n) is 9.15. The average Bonchev–Trinajstić information content (AvgIpc) is 2.32. The van der Waals surface area contributed by atoms with E-state index < -0.39 is 11.7 Å². The van der Waals surface area contributed by atoms with Crippen LogP contribution in [0.1, 0.15) is 10.4 Å². The highest BCUT2D eigenvalue weighted by Crippen LogP contribution is 2.17. The molecule has 2 aromatic rings. The first-order chi connectivity index (χ1) is 8.56. The predicted octanol–water partition coefficient (Wildman–Crippen LogP) is 2.82. The largest absolute Gasteiger partial charge is 0.384 e. The molecule has 4 nitrogen and oxygen atoms in total. The van der Waals surface area contributed by atoms with Crippen LogP contribution in [-0.2, 0) is 0 Å². The van der Waals surface area contributed by atoms with Gasteiger partial charge in [-0.3, -0.25) is 4.79 Å². The molecule has 0 saturated carbocycles. The summed E-state index contributed by atoms with van der Waals surface area (Å²) < 4.78 is 14.1. The fourth-order valence-corrected chi connectivity index (χ4v) is 1.68. The Bertz CT molecular complexity index is 586. The molecule has 92 valence electrons. The minimum Gasteiger partial charge on any atom is -0.384 e. The lowest BCUT2D eigenvalue weighted by Crippen LogP contribution is -2.13. The normalized spacial score (nSPS) is 10.1. The van der Waals surface area contributed by atoms with E-state index in [0.717, 1.165) is 0 Å². The van der Waals surface area contributed by atoms with Gasteiger partial charge in [-0.25, -0.2) is 9.37 Å². The molecule has 0 saturated heterocycles. The number of halogens is 2. The fourth-order valence-electron chi connectivity index (χ4n) is 1.35. The molecule has 0 unspecified atom stereocenters. The highest BCUT2D eigenvalue weighted by Gasteiger charge is 2.12. The standard InChI is InChI=1S/C12H9BrFN3O/c13-7-1-3-9(10(14)5-7)12(18)17-8-2-4-11(15)16-6-8/h1-6H,(H2,15,16)(H,17,18). The minimum absolute atomic E-state index is 0.0324. The van der Waals surface area contributed by atoms with E-state index in [1.54, 1.807) is 18.2 Å². The summed E-state index contributed by atoms with van der Waals surface area (Å²) in [5.74, 6) is -0.778. The Hall–Kier alpha value is -1.95.